The lowest BCUT2D eigenvalue weighted by Crippen LogP contribution is -2.47. The molecule has 1 aromatic heterocycles. The normalized spacial score (nSPS) is 19.2. The minimum absolute atomic E-state index is 0.126. The van der Waals surface area contributed by atoms with Crippen LogP contribution in [0.3, 0.4) is 0 Å². The molecule has 1 aromatic carbocycles. The maximum absolute atomic E-state index is 8.94. The number of hydrogen-bond acceptors (Lipinski definition) is 6. The van der Waals surface area contributed by atoms with Gasteiger partial charge in [0, 0.05) is 38.9 Å². The molecule has 2 aromatic rings. The van der Waals surface area contributed by atoms with Crippen LogP contribution in [0.4, 0.5) is 5.82 Å². The number of rotatable bonds is 5. The molecule has 0 N–H and O–H groups in total. The van der Waals surface area contributed by atoms with Crippen molar-refractivity contribution in [1.29, 1.82) is 5.26 Å². The zero-order valence-corrected chi connectivity index (χ0v) is 14.7. The summed E-state index contributed by atoms with van der Waals surface area (Å²) in [6, 6.07) is 14.1. The lowest BCUT2D eigenvalue weighted by atomic mass is 10.0. The Labute approximate surface area is 148 Å². The number of morpholine rings is 1. The Hall–Kier alpha value is -2.49. The molecule has 0 aliphatic carbocycles. The molecule has 1 fully saturated rings. The Morgan fingerprint density at radius 1 is 1.36 bits per heavy atom. The molecule has 3 rings (SSSR count). The predicted molar refractivity (Wildman–Crippen MR) is 96.2 cm³/mol. The van der Waals surface area contributed by atoms with Gasteiger partial charge in [-0.15, -0.1) is 5.10 Å². The standard InChI is InChI=1S/C19H23N5O/c1-15(17-7-5-16(12-20)6-8-17)24-10-11-25-18(14-24)13-23(2)19-4-3-9-21-22-19/h3-9,15,18H,10-11,13-14H2,1-2H3/t15-,18+/m0/s1. The smallest absolute Gasteiger partial charge is 0.151 e. The molecule has 1 aliphatic rings. The first-order valence-electron chi connectivity index (χ1n) is 8.52. The topological polar surface area (TPSA) is 65.3 Å². The molecular formula is C19H23N5O. The van der Waals surface area contributed by atoms with E-state index < -0.39 is 0 Å². The van der Waals surface area contributed by atoms with Crippen molar-refractivity contribution in [2.24, 2.45) is 0 Å². The first-order chi connectivity index (χ1) is 12.2. The second-order valence-electron chi connectivity index (χ2n) is 6.36. The first-order valence-corrected chi connectivity index (χ1v) is 8.52. The molecule has 2 atom stereocenters. The van der Waals surface area contributed by atoms with Crippen LogP contribution in [-0.2, 0) is 4.74 Å². The van der Waals surface area contributed by atoms with E-state index in [0.717, 1.165) is 32.1 Å². The van der Waals surface area contributed by atoms with Crippen LogP contribution < -0.4 is 4.90 Å². The molecule has 0 unspecified atom stereocenters. The van der Waals surface area contributed by atoms with Crippen molar-refractivity contribution in [2.45, 2.75) is 19.1 Å². The molecule has 25 heavy (non-hydrogen) atoms. The molecule has 2 heterocycles. The van der Waals surface area contributed by atoms with Gasteiger partial charge >= 0.3 is 0 Å². The summed E-state index contributed by atoms with van der Waals surface area (Å²) in [7, 11) is 2.01. The number of benzene rings is 1. The summed E-state index contributed by atoms with van der Waals surface area (Å²) >= 11 is 0. The van der Waals surface area contributed by atoms with Crippen LogP contribution >= 0.6 is 0 Å². The van der Waals surface area contributed by atoms with E-state index in [2.05, 4.69) is 33.0 Å². The lowest BCUT2D eigenvalue weighted by molar-refractivity contribution is -0.0368. The van der Waals surface area contributed by atoms with Crippen molar-refractivity contribution < 1.29 is 4.74 Å². The number of aromatic nitrogens is 2. The summed E-state index contributed by atoms with van der Waals surface area (Å²) in [5, 5.41) is 17.0. The Morgan fingerprint density at radius 2 is 2.16 bits per heavy atom. The van der Waals surface area contributed by atoms with Gasteiger partial charge < -0.3 is 9.64 Å². The van der Waals surface area contributed by atoms with Crippen LogP contribution in [-0.4, -0.2) is 54.5 Å². The summed E-state index contributed by atoms with van der Waals surface area (Å²) in [4.78, 5) is 4.51. The Balaban J connectivity index is 1.61. The third-order valence-electron chi connectivity index (χ3n) is 4.67. The first kappa shape index (κ1) is 17.3. The van der Waals surface area contributed by atoms with Crippen molar-refractivity contribution >= 4 is 5.82 Å². The Kier molecular flexibility index (Phi) is 5.59. The predicted octanol–water partition coefficient (Wildman–Crippen LogP) is 2.25. The number of ether oxygens (including phenoxy) is 1. The quantitative estimate of drug-likeness (QED) is 0.834. The third-order valence-corrected chi connectivity index (χ3v) is 4.67. The van der Waals surface area contributed by atoms with Gasteiger partial charge in [-0.1, -0.05) is 12.1 Å². The van der Waals surface area contributed by atoms with Crippen LogP contribution in [0, 0.1) is 11.3 Å². The van der Waals surface area contributed by atoms with Gasteiger partial charge in [0.25, 0.3) is 0 Å². The molecule has 6 nitrogen and oxygen atoms in total. The van der Waals surface area contributed by atoms with Crippen molar-refractivity contribution in [2.75, 3.05) is 38.2 Å². The average molecular weight is 337 g/mol. The molecule has 1 saturated heterocycles. The summed E-state index contributed by atoms with van der Waals surface area (Å²) < 4.78 is 5.95. The van der Waals surface area contributed by atoms with Crippen molar-refractivity contribution in [3.8, 4) is 6.07 Å². The van der Waals surface area contributed by atoms with E-state index in [4.69, 9.17) is 10.00 Å². The largest absolute Gasteiger partial charge is 0.374 e. The average Bonchev–Trinajstić information content (AvgIpc) is 2.68. The lowest BCUT2D eigenvalue weighted by Gasteiger charge is -2.38. The second kappa shape index (κ2) is 8.06. The van der Waals surface area contributed by atoms with Gasteiger partial charge in [0.05, 0.1) is 24.3 Å². The van der Waals surface area contributed by atoms with E-state index in [0.29, 0.717) is 11.6 Å². The van der Waals surface area contributed by atoms with Crippen molar-refractivity contribution in [3.63, 3.8) is 0 Å². The van der Waals surface area contributed by atoms with Gasteiger partial charge in [0.2, 0.25) is 0 Å². The summed E-state index contributed by atoms with van der Waals surface area (Å²) in [5.74, 6) is 0.850. The molecule has 0 spiro atoms. The zero-order chi connectivity index (χ0) is 17.6. The van der Waals surface area contributed by atoms with Gasteiger partial charge in [0.1, 0.15) is 0 Å². The molecule has 6 heteroatoms. The van der Waals surface area contributed by atoms with E-state index in [1.54, 1.807) is 6.20 Å². The maximum atomic E-state index is 8.94. The highest BCUT2D eigenvalue weighted by atomic mass is 16.5. The van der Waals surface area contributed by atoms with E-state index in [1.165, 1.54) is 5.56 Å². The highest BCUT2D eigenvalue weighted by Crippen LogP contribution is 2.23. The molecular weight excluding hydrogens is 314 g/mol. The van der Waals surface area contributed by atoms with Crippen LogP contribution in [0.1, 0.15) is 24.1 Å². The van der Waals surface area contributed by atoms with Gasteiger partial charge in [-0.05, 0) is 36.8 Å². The van der Waals surface area contributed by atoms with Crippen LogP contribution in [0.25, 0.3) is 0 Å². The Bertz CT molecular complexity index is 713. The van der Waals surface area contributed by atoms with Gasteiger partial charge in [-0.25, -0.2) is 0 Å². The molecule has 1 aliphatic heterocycles. The number of nitrogens with zero attached hydrogens (tertiary/aromatic N) is 5. The summed E-state index contributed by atoms with van der Waals surface area (Å²) in [6.07, 6.45) is 1.80. The molecule has 0 bridgehead atoms. The highest BCUT2D eigenvalue weighted by molar-refractivity contribution is 5.35. The monoisotopic (exact) mass is 337 g/mol. The van der Waals surface area contributed by atoms with E-state index in [1.807, 2.05) is 43.4 Å². The SMILES string of the molecule is C[C@@H](c1ccc(C#N)cc1)N1CCO[C@H](CN(C)c2cccnn2)C1. The molecule has 0 radical (unpaired) electrons. The summed E-state index contributed by atoms with van der Waals surface area (Å²) in [5.41, 5.74) is 1.92. The van der Waals surface area contributed by atoms with E-state index in [-0.39, 0.29) is 6.10 Å². The number of hydrogen-bond donors (Lipinski definition) is 0. The zero-order valence-electron chi connectivity index (χ0n) is 14.7. The molecule has 130 valence electrons. The highest BCUT2D eigenvalue weighted by Gasteiger charge is 2.26. The second-order valence-corrected chi connectivity index (χ2v) is 6.36. The molecule has 0 saturated carbocycles. The minimum Gasteiger partial charge on any atom is -0.374 e. The van der Waals surface area contributed by atoms with Gasteiger partial charge in [-0.2, -0.15) is 10.4 Å². The third kappa shape index (κ3) is 4.32. The summed E-state index contributed by atoms with van der Waals surface area (Å²) in [6.45, 7) is 5.48. The fraction of sp³-hybridized carbons (Fsp3) is 0.421. The minimum atomic E-state index is 0.126. The van der Waals surface area contributed by atoms with Crippen molar-refractivity contribution in [3.05, 3.63) is 53.7 Å². The fourth-order valence-corrected chi connectivity index (χ4v) is 3.15. The van der Waals surface area contributed by atoms with Crippen LogP contribution in [0.15, 0.2) is 42.6 Å². The van der Waals surface area contributed by atoms with Gasteiger partial charge in [-0.3, -0.25) is 4.90 Å². The molecule has 0 amide bonds. The van der Waals surface area contributed by atoms with Crippen LogP contribution in [0.5, 0.6) is 0 Å². The van der Waals surface area contributed by atoms with Crippen molar-refractivity contribution in [1.82, 2.24) is 15.1 Å². The Morgan fingerprint density at radius 3 is 2.84 bits per heavy atom. The number of nitriles is 1. The van der Waals surface area contributed by atoms with E-state index >= 15 is 0 Å². The number of anilines is 1. The van der Waals surface area contributed by atoms with Gasteiger partial charge in [0.15, 0.2) is 5.82 Å². The van der Waals surface area contributed by atoms with Crippen LogP contribution in [0.2, 0.25) is 0 Å². The maximum Gasteiger partial charge on any atom is 0.151 e. The number of likely N-dealkylation sites (N-methyl/N-ethyl adjacent to an activating group) is 1. The van der Waals surface area contributed by atoms with E-state index in [9.17, 15) is 0 Å². The fourth-order valence-electron chi connectivity index (χ4n) is 3.15.